The van der Waals surface area contributed by atoms with E-state index >= 15 is 0 Å². The lowest BCUT2D eigenvalue weighted by atomic mass is 9.86. The number of carbonyl (C=O) groups excluding carboxylic acids is 1. The maximum absolute atomic E-state index is 13.7. The second-order valence-corrected chi connectivity index (χ2v) is 10.6. The molecule has 3 aromatic rings. The standard InChI is InChI=1S/C30H35BrN4O4/c1-21-30(19-22-5-11-25(31)12-6-22,29(37)34-32-20-23-7-13-26(14-8-23)35(2)3)33-28(39-21)24-9-15-27(16-10-24)38-18-4-17-36/h5-16,21,32,36H,4,17-20H2,1-3H3,(H,34,37)/t21-,30-/m0/s1. The summed E-state index contributed by atoms with van der Waals surface area (Å²) in [5.74, 6) is 0.846. The number of carbonyl (C=O) groups is 1. The van der Waals surface area contributed by atoms with Gasteiger partial charge in [0, 0.05) is 55.8 Å². The van der Waals surface area contributed by atoms with E-state index in [1.807, 2.05) is 98.7 Å². The van der Waals surface area contributed by atoms with Gasteiger partial charge in [-0.05, 0) is 66.6 Å². The Kier molecular flexibility index (Phi) is 9.61. The number of hydrogen-bond acceptors (Lipinski definition) is 7. The number of amides is 1. The van der Waals surface area contributed by atoms with E-state index in [-0.39, 0.29) is 12.5 Å². The molecule has 0 saturated heterocycles. The van der Waals surface area contributed by atoms with E-state index in [2.05, 4.69) is 26.8 Å². The number of nitrogens with one attached hydrogen (secondary N) is 2. The molecule has 4 rings (SSSR count). The summed E-state index contributed by atoms with van der Waals surface area (Å²) in [4.78, 5) is 20.7. The number of rotatable bonds is 12. The van der Waals surface area contributed by atoms with Crippen LogP contribution in [0.4, 0.5) is 5.69 Å². The third kappa shape index (κ3) is 7.17. The van der Waals surface area contributed by atoms with Gasteiger partial charge in [-0.1, -0.05) is 40.2 Å². The smallest absolute Gasteiger partial charge is 0.266 e. The van der Waals surface area contributed by atoms with Crippen molar-refractivity contribution in [2.75, 3.05) is 32.2 Å². The molecule has 3 N–H and O–H groups in total. The topological polar surface area (TPSA) is 95.4 Å². The van der Waals surface area contributed by atoms with Crippen molar-refractivity contribution in [3.8, 4) is 5.75 Å². The SMILES string of the molecule is C[C@@H]1OC(c2ccc(OCCCO)cc2)=N[C@]1(Cc1ccc(Br)cc1)C(=O)NNCc1ccc(N(C)C)cc1. The highest BCUT2D eigenvalue weighted by Gasteiger charge is 2.50. The van der Waals surface area contributed by atoms with Crippen LogP contribution in [-0.4, -0.2) is 55.9 Å². The minimum Gasteiger partial charge on any atom is -0.494 e. The second kappa shape index (κ2) is 13.1. The Morgan fingerprint density at radius 1 is 1.05 bits per heavy atom. The van der Waals surface area contributed by atoms with Crippen LogP contribution < -0.4 is 20.5 Å². The highest BCUT2D eigenvalue weighted by Crippen LogP contribution is 2.33. The zero-order valence-electron chi connectivity index (χ0n) is 22.5. The Hall–Kier alpha value is -3.40. The summed E-state index contributed by atoms with van der Waals surface area (Å²) < 4.78 is 12.8. The molecule has 0 bridgehead atoms. The molecule has 1 heterocycles. The lowest BCUT2D eigenvalue weighted by molar-refractivity contribution is -0.129. The van der Waals surface area contributed by atoms with Crippen LogP contribution in [0.3, 0.4) is 0 Å². The number of anilines is 1. The highest BCUT2D eigenvalue weighted by molar-refractivity contribution is 9.10. The molecule has 0 unspecified atom stereocenters. The van der Waals surface area contributed by atoms with Crippen LogP contribution in [0.1, 0.15) is 30.0 Å². The first-order chi connectivity index (χ1) is 18.8. The first-order valence-corrected chi connectivity index (χ1v) is 13.7. The van der Waals surface area contributed by atoms with E-state index in [1.54, 1.807) is 0 Å². The van der Waals surface area contributed by atoms with Crippen molar-refractivity contribution in [1.29, 1.82) is 0 Å². The number of halogens is 1. The molecule has 206 valence electrons. The first kappa shape index (κ1) is 28.6. The fraction of sp³-hybridized carbons (Fsp3) is 0.333. The molecule has 0 spiro atoms. The Morgan fingerprint density at radius 2 is 1.72 bits per heavy atom. The van der Waals surface area contributed by atoms with Crippen LogP contribution in [-0.2, 0) is 22.5 Å². The number of ether oxygens (including phenoxy) is 2. The number of aliphatic hydroxyl groups is 1. The molecule has 8 nitrogen and oxygen atoms in total. The average Bonchev–Trinajstić information content (AvgIpc) is 3.27. The predicted molar refractivity (Wildman–Crippen MR) is 157 cm³/mol. The minimum atomic E-state index is -1.17. The van der Waals surface area contributed by atoms with Gasteiger partial charge in [0.05, 0.1) is 6.61 Å². The number of hydrogen-bond donors (Lipinski definition) is 3. The van der Waals surface area contributed by atoms with Gasteiger partial charge >= 0.3 is 0 Å². The Balaban J connectivity index is 1.53. The minimum absolute atomic E-state index is 0.0841. The molecule has 2 atom stereocenters. The fourth-order valence-electron chi connectivity index (χ4n) is 4.30. The van der Waals surface area contributed by atoms with Crippen LogP contribution in [0.15, 0.2) is 82.3 Å². The summed E-state index contributed by atoms with van der Waals surface area (Å²) in [5.41, 5.74) is 8.68. The van der Waals surface area contributed by atoms with Gasteiger partial charge in [0.1, 0.15) is 11.9 Å². The maximum Gasteiger partial charge on any atom is 0.266 e. The first-order valence-electron chi connectivity index (χ1n) is 13.0. The van der Waals surface area contributed by atoms with Gasteiger partial charge < -0.3 is 19.5 Å². The van der Waals surface area contributed by atoms with Gasteiger partial charge in [0.15, 0.2) is 5.54 Å². The molecule has 1 aliphatic heterocycles. The summed E-state index contributed by atoms with van der Waals surface area (Å²) in [6.07, 6.45) is 0.439. The third-order valence-electron chi connectivity index (χ3n) is 6.66. The van der Waals surface area contributed by atoms with Crippen molar-refractivity contribution in [1.82, 2.24) is 10.9 Å². The van der Waals surface area contributed by atoms with Gasteiger partial charge in [-0.15, -0.1) is 0 Å². The molecule has 39 heavy (non-hydrogen) atoms. The van der Waals surface area contributed by atoms with Crippen LogP contribution in [0.25, 0.3) is 0 Å². The molecular weight excluding hydrogens is 560 g/mol. The number of aliphatic imine (C=N–C) groups is 1. The maximum atomic E-state index is 13.7. The van der Waals surface area contributed by atoms with Crippen molar-refractivity contribution in [2.24, 2.45) is 4.99 Å². The van der Waals surface area contributed by atoms with Gasteiger partial charge in [-0.2, -0.15) is 0 Å². The van der Waals surface area contributed by atoms with Gasteiger partial charge in [0.2, 0.25) is 5.90 Å². The van der Waals surface area contributed by atoms with Crippen molar-refractivity contribution < 1.29 is 19.4 Å². The van der Waals surface area contributed by atoms with E-state index in [4.69, 9.17) is 19.6 Å². The van der Waals surface area contributed by atoms with Crippen molar-refractivity contribution in [2.45, 2.75) is 38.0 Å². The lowest BCUT2D eigenvalue weighted by Crippen LogP contribution is -2.55. The molecule has 0 fully saturated rings. The highest BCUT2D eigenvalue weighted by atomic mass is 79.9. The van der Waals surface area contributed by atoms with Crippen LogP contribution >= 0.6 is 15.9 Å². The summed E-state index contributed by atoms with van der Waals surface area (Å²) in [6, 6.07) is 23.4. The lowest BCUT2D eigenvalue weighted by Gasteiger charge is -2.28. The molecule has 3 aromatic carbocycles. The zero-order valence-corrected chi connectivity index (χ0v) is 24.1. The quantitative estimate of drug-likeness (QED) is 0.214. The number of hydrazine groups is 1. The molecular formula is C30H35BrN4O4. The molecule has 0 aliphatic carbocycles. The largest absolute Gasteiger partial charge is 0.494 e. The van der Waals surface area contributed by atoms with E-state index in [1.165, 1.54) is 0 Å². The summed E-state index contributed by atoms with van der Waals surface area (Å²) >= 11 is 3.48. The Morgan fingerprint density at radius 3 is 2.36 bits per heavy atom. The van der Waals surface area contributed by atoms with E-state index in [0.717, 1.165) is 26.9 Å². The van der Waals surface area contributed by atoms with Crippen molar-refractivity contribution >= 4 is 33.4 Å². The van der Waals surface area contributed by atoms with Crippen molar-refractivity contribution in [3.05, 3.63) is 94.0 Å². The second-order valence-electron chi connectivity index (χ2n) is 9.72. The number of nitrogens with zero attached hydrogens (tertiary/aromatic N) is 2. The average molecular weight is 596 g/mol. The van der Waals surface area contributed by atoms with Crippen molar-refractivity contribution in [3.63, 3.8) is 0 Å². The molecule has 9 heteroatoms. The predicted octanol–water partition coefficient (Wildman–Crippen LogP) is 4.24. The Labute approximate surface area is 238 Å². The van der Waals surface area contributed by atoms with Crippen LogP contribution in [0.2, 0.25) is 0 Å². The number of aliphatic hydroxyl groups excluding tert-OH is 1. The van der Waals surface area contributed by atoms with Gasteiger partial charge in [-0.3, -0.25) is 10.2 Å². The summed E-state index contributed by atoms with van der Waals surface area (Å²) in [7, 11) is 4.00. The zero-order chi connectivity index (χ0) is 27.8. The molecule has 0 radical (unpaired) electrons. The summed E-state index contributed by atoms with van der Waals surface area (Å²) in [6.45, 7) is 2.87. The van der Waals surface area contributed by atoms with Crippen LogP contribution in [0.5, 0.6) is 5.75 Å². The number of benzene rings is 3. The normalized spacial score (nSPS) is 18.3. The van der Waals surface area contributed by atoms with Gasteiger partial charge in [0.25, 0.3) is 5.91 Å². The third-order valence-corrected chi connectivity index (χ3v) is 7.19. The summed E-state index contributed by atoms with van der Waals surface area (Å²) in [5, 5.41) is 8.96. The Bertz CT molecular complexity index is 1260. The van der Waals surface area contributed by atoms with Gasteiger partial charge in [-0.25, -0.2) is 10.4 Å². The van der Waals surface area contributed by atoms with E-state index in [0.29, 0.717) is 37.6 Å². The van der Waals surface area contributed by atoms with E-state index in [9.17, 15) is 4.79 Å². The fourth-order valence-corrected chi connectivity index (χ4v) is 4.57. The van der Waals surface area contributed by atoms with Crippen LogP contribution in [0, 0.1) is 0 Å². The molecule has 0 saturated carbocycles. The molecule has 1 aliphatic rings. The monoisotopic (exact) mass is 594 g/mol. The molecule has 0 aromatic heterocycles. The van der Waals surface area contributed by atoms with E-state index < -0.39 is 11.6 Å². The molecule has 1 amide bonds.